The molecule has 5 heteroatoms. The summed E-state index contributed by atoms with van der Waals surface area (Å²) in [6.45, 7) is 6.15. The number of nitrogens with two attached hydrogens (primary N) is 1. The second-order valence-electron chi connectivity index (χ2n) is 4.86. The van der Waals surface area contributed by atoms with E-state index in [0.717, 1.165) is 12.1 Å². The molecule has 1 atom stereocenters. The lowest BCUT2D eigenvalue weighted by Crippen LogP contribution is -2.13. The Labute approximate surface area is 106 Å². The summed E-state index contributed by atoms with van der Waals surface area (Å²) in [6.07, 6.45) is 0.822. The van der Waals surface area contributed by atoms with Gasteiger partial charge in [0.2, 0.25) is 11.7 Å². The van der Waals surface area contributed by atoms with Crippen molar-refractivity contribution < 1.29 is 4.52 Å². The first-order chi connectivity index (χ1) is 8.56. The van der Waals surface area contributed by atoms with Crippen molar-refractivity contribution in [3.63, 3.8) is 0 Å². The highest BCUT2D eigenvalue weighted by atomic mass is 16.5. The third kappa shape index (κ3) is 2.92. The Kier molecular flexibility index (Phi) is 3.72. The summed E-state index contributed by atoms with van der Waals surface area (Å²) in [5.74, 6) is 1.46. The number of nitrogens with zero attached hydrogens (tertiary/aromatic N) is 3. The van der Waals surface area contributed by atoms with E-state index in [1.54, 1.807) is 0 Å². The number of aryl methyl sites for hydroxylation is 1. The molecule has 0 aliphatic heterocycles. The van der Waals surface area contributed by atoms with Crippen molar-refractivity contribution in [3.05, 3.63) is 29.8 Å². The molecular formula is C13H18N4O. The van der Waals surface area contributed by atoms with Gasteiger partial charge in [-0.05, 0) is 31.4 Å². The zero-order chi connectivity index (χ0) is 13.1. The van der Waals surface area contributed by atoms with E-state index in [4.69, 9.17) is 10.3 Å². The van der Waals surface area contributed by atoms with Crippen LogP contribution in [0.5, 0.6) is 0 Å². The van der Waals surface area contributed by atoms with Crippen molar-refractivity contribution in [2.45, 2.75) is 33.2 Å². The van der Waals surface area contributed by atoms with Crippen LogP contribution in [-0.4, -0.2) is 15.1 Å². The van der Waals surface area contributed by atoms with Crippen LogP contribution < -0.4 is 5.73 Å². The molecule has 0 spiro atoms. The first-order valence-electron chi connectivity index (χ1n) is 6.09. The van der Waals surface area contributed by atoms with Crippen molar-refractivity contribution in [1.82, 2.24) is 15.1 Å². The monoisotopic (exact) mass is 246 g/mol. The predicted octanol–water partition coefficient (Wildman–Crippen LogP) is 2.49. The van der Waals surface area contributed by atoms with Gasteiger partial charge in [0, 0.05) is 5.69 Å². The molecule has 0 aromatic carbocycles. The van der Waals surface area contributed by atoms with E-state index in [9.17, 15) is 0 Å². The fourth-order valence-corrected chi connectivity index (χ4v) is 1.77. The lowest BCUT2D eigenvalue weighted by Gasteiger charge is -2.08. The standard InChI is InChI=1S/C13H18N4O/c1-8(2)7-10(14)13-16-12(17-18-13)11-6-4-5-9(3)15-11/h4-6,8,10H,7,14H2,1-3H3/t10-/m1/s1. The topological polar surface area (TPSA) is 77.8 Å². The Morgan fingerprint density at radius 2 is 2.06 bits per heavy atom. The molecule has 18 heavy (non-hydrogen) atoms. The van der Waals surface area contributed by atoms with Gasteiger partial charge in [-0.2, -0.15) is 4.98 Å². The molecule has 2 rings (SSSR count). The Bertz CT molecular complexity index is 521. The fraction of sp³-hybridized carbons (Fsp3) is 0.462. The minimum absolute atomic E-state index is 0.212. The number of hydrogen-bond donors (Lipinski definition) is 1. The van der Waals surface area contributed by atoms with Gasteiger partial charge >= 0.3 is 0 Å². The van der Waals surface area contributed by atoms with Crippen LogP contribution in [0.1, 0.15) is 37.9 Å². The number of hydrogen-bond acceptors (Lipinski definition) is 5. The summed E-state index contributed by atoms with van der Waals surface area (Å²) >= 11 is 0. The van der Waals surface area contributed by atoms with Crippen molar-refractivity contribution in [1.29, 1.82) is 0 Å². The second kappa shape index (κ2) is 5.27. The lowest BCUT2D eigenvalue weighted by atomic mass is 10.0. The molecule has 0 amide bonds. The highest BCUT2D eigenvalue weighted by Crippen LogP contribution is 2.20. The molecule has 2 aromatic rings. The van der Waals surface area contributed by atoms with E-state index in [1.807, 2.05) is 25.1 Å². The normalized spacial score (nSPS) is 12.9. The smallest absolute Gasteiger partial charge is 0.243 e. The van der Waals surface area contributed by atoms with Crippen molar-refractivity contribution in [2.24, 2.45) is 11.7 Å². The van der Waals surface area contributed by atoms with Crippen LogP contribution >= 0.6 is 0 Å². The molecule has 0 radical (unpaired) electrons. The third-order valence-corrected chi connectivity index (χ3v) is 2.60. The Hall–Kier alpha value is -1.75. The highest BCUT2D eigenvalue weighted by Gasteiger charge is 2.17. The minimum atomic E-state index is -0.212. The summed E-state index contributed by atoms with van der Waals surface area (Å²) < 4.78 is 5.20. The van der Waals surface area contributed by atoms with Gasteiger partial charge in [-0.15, -0.1) is 0 Å². The van der Waals surface area contributed by atoms with Gasteiger partial charge < -0.3 is 10.3 Å². The molecular weight excluding hydrogens is 228 g/mol. The minimum Gasteiger partial charge on any atom is -0.337 e. The van der Waals surface area contributed by atoms with E-state index >= 15 is 0 Å². The van der Waals surface area contributed by atoms with Gasteiger partial charge in [0.1, 0.15) is 5.69 Å². The Morgan fingerprint density at radius 1 is 1.28 bits per heavy atom. The van der Waals surface area contributed by atoms with Crippen molar-refractivity contribution in [3.8, 4) is 11.5 Å². The summed E-state index contributed by atoms with van der Waals surface area (Å²) in [7, 11) is 0. The summed E-state index contributed by atoms with van der Waals surface area (Å²) in [5.41, 5.74) is 7.63. The third-order valence-electron chi connectivity index (χ3n) is 2.60. The molecule has 0 unspecified atom stereocenters. The largest absolute Gasteiger partial charge is 0.337 e. The average Bonchev–Trinajstić information content (AvgIpc) is 2.77. The van der Waals surface area contributed by atoms with E-state index in [1.165, 1.54) is 0 Å². The van der Waals surface area contributed by atoms with Gasteiger partial charge in [-0.3, -0.25) is 0 Å². The molecule has 0 fully saturated rings. The van der Waals surface area contributed by atoms with E-state index < -0.39 is 0 Å². The van der Waals surface area contributed by atoms with Crippen LogP contribution in [0.2, 0.25) is 0 Å². The highest BCUT2D eigenvalue weighted by molar-refractivity contribution is 5.48. The van der Waals surface area contributed by atoms with Gasteiger partial charge in [-0.1, -0.05) is 25.1 Å². The van der Waals surface area contributed by atoms with Crippen LogP contribution in [0, 0.1) is 12.8 Å². The molecule has 0 saturated heterocycles. The maximum atomic E-state index is 6.00. The van der Waals surface area contributed by atoms with Crippen LogP contribution in [0.4, 0.5) is 0 Å². The predicted molar refractivity (Wildman–Crippen MR) is 68.6 cm³/mol. The average molecular weight is 246 g/mol. The molecule has 2 aromatic heterocycles. The first-order valence-corrected chi connectivity index (χ1v) is 6.09. The number of pyridine rings is 1. The molecule has 0 aliphatic carbocycles. The Balaban J connectivity index is 2.20. The van der Waals surface area contributed by atoms with Crippen LogP contribution in [0.15, 0.2) is 22.7 Å². The molecule has 0 saturated carbocycles. The van der Waals surface area contributed by atoms with Crippen LogP contribution in [0.3, 0.4) is 0 Å². The molecule has 5 nitrogen and oxygen atoms in total. The van der Waals surface area contributed by atoms with E-state index in [0.29, 0.717) is 23.3 Å². The maximum Gasteiger partial charge on any atom is 0.243 e. The van der Waals surface area contributed by atoms with Crippen molar-refractivity contribution >= 4 is 0 Å². The number of rotatable bonds is 4. The molecule has 2 N–H and O–H groups in total. The lowest BCUT2D eigenvalue weighted by molar-refractivity contribution is 0.335. The summed E-state index contributed by atoms with van der Waals surface area (Å²) in [4.78, 5) is 8.66. The maximum absolute atomic E-state index is 6.00. The fourth-order valence-electron chi connectivity index (χ4n) is 1.77. The van der Waals surface area contributed by atoms with Gasteiger partial charge in [0.25, 0.3) is 0 Å². The molecule has 2 heterocycles. The van der Waals surface area contributed by atoms with Gasteiger partial charge in [-0.25, -0.2) is 4.98 Å². The summed E-state index contributed by atoms with van der Waals surface area (Å²) in [6, 6.07) is 5.49. The van der Waals surface area contributed by atoms with E-state index in [-0.39, 0.29) is 6.04 Å². The second-order valence-corrected chi connectivity index (χ2v) is 4.86. The summed E-state index contributed by atoms with van der Waals surface area (Å²) in [5, 5.41) is 3.93. The molecule has 96 valence electrons. The zero-order valence-corrected chi connectivity index (χ0v) is 10.9. The van der Waals surface area contributed by atoms with Crippen LogP contribution in [0.25, 0.3) is 11.5 Å². The van der Waals surface area contributed by atoms with E-state index in [2.05, 4.69) is 29.0 Å². The zero-order valence-electron chi connectivity index (χ0n) is 10.9. The Morgan fingerprint density at radius 3 is 2.72 bits per heavy atom. The first kappa shape index (κ1) is 12.7. The van der Waals surface area contributed by atoms with Gasteiger partial charge in [0.05, 0.1) is 6.04 Å². The van der Waals surface area contributed by atoms with Crippen LogP contribution in [-0.2, 0) is 0 Å². The van der Waals surface area contributed by atoms with Crippen molar-refractivity contribution in [2.75, 3.05) is 0 Å². The molecule has 0 aliphatic rings. The van der Waals surface area contributed by atoms with Gasteiger partial charge in [0.15, 0.2) is 0 Å². The quantitative estimate of drug-likeness (QED) is 0.896. The number of aromatic nitrogens is 3. The molecule has 0 bridgehead atoms. The SMILES string of the molecule is Cc1cccc(-c2noc([C@H](N)CC(C)C)n2)n1.